The average Bonchev–Trinajstić information content (AvgIpc) is 2.40. The van der Waals surface area contributed by atoms with Crippen LogP contribution in [0.1, 0.15) is 5.56 Å². The van der Waals surface area contributed by atoms with E-state index >= 15 is 0 Å². The molecular weight excluding hydrogens is 412 g/mol. The lowest BCUT2D eigenvalue weighted by molar-refractivity contribution is 0.409. The molecule has 0 saturated heterocycles. The van der Waals surface area contributed by atoms with Crippen LogP contribution in [-0.2, 0) is 6.54 Å². The Morgan fingerprint density at radius 2 is 1.85 bits per heavy atom. The van der Waals surface area contributed by atoms with E-state index < -0.39 is 5.82 Å². The van der Waals surface area contributed by atoms with Gasteiger partial charge >= 0.3 is 0 Å². The summed E-state index contributed by atoms with van der Waals surface area (Å²) in [5.74, 6) is 0.325. The molecule has 0 atom stereocenters. The Morgan fingerprint density at radius 1 is 1.20 bits per heavy atom. The fraction of sp³-hybridized carbons (Fsp3) is 0.143. The molecule has 0 spiro atoms. The van der Waals surface area contributed by atoms with Crippen molar-refractivity contribution < 1.29 is 9.13 Å². The van der Waals surface area contributed by atoms with Gasteiger partial charge in [0.1, 0.15) is 11.6 Å². The van der Waals surface area contributed by atoms with Gasteiger partial charge in [-0.15, -0.1) is 0 Å². The van der Waals surface area contributed by atoms with Gasteiger partial charge in [0.2, 0.25) is 0 Å². The first kappa shape index (κ1) is 15.6. The molecule has 2 nitrogen and oxygen atoms in total. The summed E-state index contributed by atoms with van der Waals surface area (Å²) in [7, 11) is 1.61. The summed E-state index contributed by atoms with van der Waals surface area (Å²) in [6, 6.07) is 8.47. The molecule has 0 unspecified atom stereocenters. The Kier molecular flexibility index (Phi) is 5.29. The smallest absolute Gasteiger partial charge is 0.147 e. The molecule has 20 heavy (non-hydrogen) atoms. The van der Waals surface area contributed by atoms with Gasteiger partial charge in [-0.05, 0) is 67.8 Å². The van der Waals surface area contributed by atoms with Crippen molar-refractivity contribution in [3.8, 4) is 5.75 Å². The number of ether oxygens (including phenoxy) is 1. The maximum absolute atomic E-state index is 13.1. The number of hydrogen-bond acceptors (Lipinski definition) is 2. The van der Waals surface area contributed by atoms with Gasteiger partial charge in [-0.25, -0.2) is 4.39 Å². The fourth-order valence-electron chi connectivity index (χ4n) is 1.72. The summed E-state index contributed by atoms with van der Waals surface area (Å²) < 4.78 is 20.0. The van der Waals surface area contributed by atoms with Crippen molar-refractivity contribution >= 4 is 49.1 Å². The third-order valence-electron chi connectivity index (χ3n) is 2.68. The Morgan fingerprint density at radius 3 is 2.40 bits per heavy atom. The highest BCUT2D eigenvalue weighted by Gasteiger charge is 2.08. The fourth-order valence-corrected chi connectivity index (χ4v) is 3.51. The number of rotatable bonds is 4. The van der Waals surface area contributed by atoms with Crippen LogP contribution in [0.25, 0.3) is 0 Å². The van der Waals surface area contributed by atoms with E-state index in [9.17, 15) is 4.39 Å². The van der Waals surface area contributed by atoms with Crippen LogP contribution >= 0.6 is 43.5 Å². The van der Waals surface area contributed by atoms with Crippen molar-refractivity contribution in [1.29, 1.82) is 0 Å². The summed E-state index contributed by atoms with van der Waals surface area (Å²) >= 11 is 12.6. The Labute approximate surface area is 138 Å². The van der Waals surface area contributed by atoms with Gasteiger partial charge in [-0.1, -0.05) is 11.6 Å². The van der Waals surface area contributed by atoms with E-state index in [0.29, 0.717) is 6.54 Å². The molecule has 0 fully saturated rings. The van der Waals surface area contributed by atoms with Crippen LogP contribution in [-0.4, -0.2) is 7.11 Å². The monoisotopic (exact) mass is 421 g/mol. The SMILES string of the molecule is COc1c(Br)cc(CNc2ccc(F)c(Cl)c2)cc1Br. The van der Waals surface area contributed by atoms with Gasteiger partial charge in [-0.2, -0.15) is 0 Å². The standard InChI is InChI=1S/C14H11Br2ClFNO/c1-20-14-10(15)4-8(5-11(14)16)7-19-9-2-3-13(18)12(17)6-9/h2-6,19H,7H2,1H3. The number of hydrogen-bond donors (Lipinski definition) is 1. The molecule has 2 aromatic rings. The maximum Gasteiger partial charge on any atom is 0.147 e. The molecule has 0 aromatic heterocycles. The topological polar surface area (TPSA) is 21.3 Å². The van der Waals surface area contributed by atoms with Crippen LogP contribution in [0.4, 0.5) is 10.1 Å². The third-order valence-corrected chi connectivity index (χ3v) is 4.15. The quantitative estimate of drug-likeness (QED) is 0.689. The molecule has 0 heterocycles. The van der Waals surface area contributed by atoms with Crippen molar-refractivity contribution in [3.05, 3.63) is 55.7 Å². The van der Waals surface area contributed by atoms with E-state index in [1.807, 2.05) is 12.1 Å². The molecular formula is C14H11Br2ClFNO. The number of halogens is 4. The van der Waals surface area contributed by atoms with Gasteiger partial charge in [0.25, 0.3) is 0 Å². The first-order valence-corrected chi connectivity index (χ1v) is 7.68. The summed E-state index contributed by atoms with van der Waals surface area (Å²) in [6.07, 6.45) is 0. The molecule has 0 aliphatic carbocycles. The van der Waals surface area contributed by atoms with Crippen LogP contribution in [0.3, 0.4) is 0 Å². The van der Waals surface area contributed by atoms with E-state index in [1.165, 1.54) is 6.07 Å². The molecule has 0 bridgehead atoms. The van der Waals surface area contributed by atoms with Crippen LogP contribution < -0.4 is 10.1 Å². The molecule has 6 heteroatoms. The van der Waals surface area contributed by atoms with Crippen molar-refractivity contribution in [2.75, 3.05) is 12.4 Å². The average molecular weight is 424 g/mol. The summed E-state index contributed by atoms with van der Waals surface area (Å²) in [4.78, 5) is 0. The van der Waals surface area contributed by atoms with E-state index in [1.54, 1.807) is 19.2 Å². The lowest BCUT2D eigenvalue weighted by atomic mass is 10.2. The van der Waals surface area contributed by atoms with Crippen molar-refractivity contribution in [2.45, 2.75) is 6.54 Å². The molecule has 0 aliphatic rings. The highest BCUT2D eigenvalue weighted by atomic mass is 79.9. The number of benzene rings is 2. The maximum atomic E-state index is 13.1. The normalized spacial score (nSPS) is 10.4. The van der Waals surface area contributed by atoms with Gasteiger partial charge in [-0.3, -0.25) is 0 Å². The number of anilines is 1. The highest BCUT2D eigenvalue weighted by Crippen LogP contribution is 2.34. The van der Waals surface area contributed by atoms with E-state index in [4.69, 9.17) is 16.3 Å². The molecule has 2 rings (SSSR count). The predicted molar refractivity (Wildman–Crippen MR) is 87.1 cm³/mol. The largest absolute Gasteiger partial charge is 0.494 e. The zero-order valence-electron chi connectivity index (χ0n) is 10.5. The second-order valence-corrected chi connectivity index (χ2v) is 6.19. The lowest BCUT2D eigenvalue weighted by Crippen LogP contribution is -2.00. The van der Waals surface area contributed by atoms with Gasteiger partial charge < -0.3 is 10.1 Å². The zero-order chi connectivity index (χ0) is 14.7. The van der Waals surface area contributed by atoms with Gasteiger partial charge in [0.15, 0.2) is 0 Å². The minimum atomic E-state index is -0.424. The van der Waals surface area contributed by atoms with Crippen LogP contribution in [0.5, 0.6) is 5.75 Å². The molecule has 0 radical (unpaired) electrons. The summed E-state index contributed by atoms with van der Waals surface area (Å²) in [5.41, 5.74) is 1.81. The Hall–Kier alpha value is -0.780. The van der Waals surface area contributed by atoms with Crippen LogP contribution in [0.15, 0.2) is 39.3 Å². The number of methoxy groups -OCH3 is 1. The Balaban J connectivity index is 2.13. The highest BCUT2D eigenvalue weighted by molar-refractivity contribution is 9.11. The molecule has 2 aromatic carbocycles. The van der Waals surface area contributed by atoms with E-state index in [2.05, 4.69) is 37.2 Å². The van der Waals surface area contributed by atoms with Crippen molar-refractivity contribution in [3.63, 3.8) is 0 Å². The minimum absolute atomic E-state index is 0.104. The van der Waals surface area contributed by atoms with E-state index in [0.717, 1.165) is 25.9 Å². The van der Waals surface area contributed by atoms with Gasteiger partial charge in [0, 0.05) is 12.2 Å². The van der Waals surface area contributed by atoms with Crippen LogP contribution in [0.2, 0.25) is 5.02 Å². The summed E-state index contributed by atoms with van der Waals surface area (Å²) in [5, 5.41) is 3.29. The second kappa shape index (κ2) is 6.78. The second-order valence-electron chi connectivity index (χ2n) is 4.08. The predicted octanol–water partition coefficient (Wildman–Crippen LogP) is 5.62. The molecule has 1 N–H and O–H groups in total. The van der Waals surface area contributed by atoms with Crippen molar-refractivity contribution in [1.82, 2.24) is 0 Å². The van der Waals surface area contributed by atoms with Crippen LogP contribution in [0, 0.1) is 5.82 Å². The first-order valence-electron chi connectivity index (χ1n) is 5.72. The van der Waals surface area contributed by atoms with E-state index in [-0.39, 0.29) is 5.02 Å². The lowest BCUT2D eigenvalue weighted by Gasteiger charge is -2.11. The number of nitrogens with one attached hydrogen (secondary N) is 1. The van der Waals surface area contributed by atoms with Gasteiger partial charge in [0.05, 0.1) is 21.1 Å². The summed E-state index contributed by atoms with van der Waals surface area (Å²) in [6.45, 7) is 0.586. The molecule has 0 saturated carbocycles. The molecule has 0 amide bonds. The third kappa shape index (κ3) is 3.65. The minimum Gasteiger partial charge on any atom is -0.494 e. The molecule has 106 valence electrons. The first-order chi connectivity index (χ1) is 9.51. The zero-order valence-corrected chi connectivity index (χ0v) is 14.4. The van der Waals surface area contributed by atoms with Crippen molar-refractivity contribution in [2.24, 2.45) is 0 Å². The molecule has 0 aliphatic heterocycles. The Bertz CT molecular complexity index is 614.